The molecular weight excluding hydrogens is 362 g/mol. The van der Waals surface area contributed by atoms with Crippen LogP contribution in [-0.4, -0.2) is 43.6 Å². The van der Waals surface area contributed by atoms with Crippen LogP contribution in [0, 0.1) is 0 Å². The highest BCUT2D eigenvalue weighted by molar-refractivity contribution is 6.31. The first-order valence-corrected chi connectivity index (χ1v) is 9.54. The first-order valence-electron chi connectivity index (χ1n) is 9.16. The highest BCUT2D eigenvalue weighted by atomic mass is 35.5. The van der Waals surface area contributed by atoms with E-state index in [0.29, 0.717) is 6.54 Å². The molecule has 144 valence electrons. The molecule has 27 heavy (non-hydrogen) atoms. The summed E-state index contributed by atoms with van der Waals surface area (Å²) >= 11 is 6.32. The van der Waals surface area contributed by atoms with Crippen molar-refractivity contribution in [2.45, 2.75) is 31.6 Å². The molecule has 0 saturated carbocycles. The molecule has 3 rings (SSSR count). The minimum absolute atomic E-state index is 0.0488. The lowest BCUT2D eigenvalue weighted by molar-refractivity contribution is -0.125. The van der Waals surface area contributed by atoms with Gasteiger partial charge in [-0.1, -0.05) is 41.9 Å². The van der Waals surface area contributed by atoms with Crippen molar-refractivity contribution in [3.05, 3.63) is 64.7 Å². The molecule has 1 aliphatic rings. The summed E-state index contributed by atoms with van der Waals surface area (Å²) < 4.78 is 5.28. The summed E-state index contributed by atoms with van der Waals surface area (Å²) in [5.74, 6) is 0.900. The Morgan fingerprint density at radius 1 is 1.26 bits per heavy atom. The zero-order valence-electron chi connectivity index (χ0n) is 15.7. The molecule has 0 aromatic heterocycles. The Balaban J connectivity index is 1.65. The Bertz CT molecular complexity index is 784. The van der Waals surface area contributed by atoms with E-state index >= 15 is 0 Å². The second kappa shape index (κ2) is 9.22. The van der Waals surface area contributed by atoms with Crippen LogP contribution in [0.4, 0.5) is 0 Å². The van der Waals surface area contributed by atoms with E-state index in [9.17, 15) is 4.79 Å². The molecular formula is C21H26ClN3O2. The Kier molecular flexibility index (Phi) is 6.72. The molecule has 1 heterocycles. The standard InChI is InChI=1S/C21H26ClN3O2/c1-23-21(26)20-11-17(24-12-15-6-5-8-18(10-15)27-2)14-25(20)13-16-7-3-4-9-19(16)22/h3-10,17,20,24H,11-14H2,1-2H3,(H,23,26)/t17-,20+/m1/s1. The fraction of sp³-hybridized carbons (Fsp3) is 0.381. The molecule has 0 spiro atoms. The van der Waals surface area contributed by atoms with Crippen LogP contribution >= 0.6 is 11.6 Å². The molecule has 2 N–H and O–H groups in total. The number of nitrogens with zero attached hydrogens (tertiary/aromatic N) is 1. The SMILES string of the molecule is CNC(=O)[C@@H]1C[C@@H](NCc2cccc(OC)c2)CN1Cc1ccccc1Cl. The first kappa shape index (κ1) is 19.7. The lowest BCUT2D eigenvalue weighted by atomic mass is 10.1. The summed E-state index contributed by atoms with van der Waals surface area (Å²) in [6, 6.07) is 15.9. The van der Waals surface area contributed by atoms with Gasteiger partial charge in [-0.25, -0.2) is 0 Å². The van der Waals surface area contributed by atoms with Crippen molar-refractivity contribution in [2.24, 2.45) is 0 Å². The van der Waals surface area contributed by atoms with Crippen LogP contribution in [0.2, 0.25) is 5.02 Å². The van der Waals surface area contributed by atoms with Crippen molar-refractivity contribution >= 4 is 17.5 Å². The third-order valence-electron chi connectivity index (χ3n) is 5.01. The molecule has 1 aliphatic heterocycles. The first-order chi connectivity index (χ1) is 13.1. The quantitative estimate of drug-likeness (QED) is 0.767. The summed E-state index contributed by atoms with van der Waals surface area (Å²) in [4.78, 5) is 14.6. The fourth-order valence-corrected chi connectivity index (χ4v) is 3.75. The van der Waals surface area contributed by atoms with E-state index in [1.165, 1.54) is 0 Å². The topological polar surface area (TPSA) is 53.6 Å². The highest BCUT2D eigenvalue weighted by Crippen LogP contribution is 2.24. The van der Waals surface area contributed by atoms with E-state index in [4.69, 9.17) is 16.3 Å². The number of halogens is 1. The highest BCUT2D eigenvalue weighted by Gasteiger charge is 2.36. The number of carbonyl (C=O) groups is 1. The number of nitrogens with one attached hydrogen (secondary N) is 2. The Morgan fingerprint density at radius 2 is 2.07 bits per heavy atom. The molecule has 6 heteroatoms. The Morgan fingerprint density at radius 3 is 2.81 bits per heavy atom. The number of hydrogen-bond donors (Lipinski definition) is 2. The summed E-state index contributed by atoms with van der Waals surface area (Å²) in [7, 11) is 3.36. The van der Waals surface area contributed by atoms with E-state index in [2.05, 4.69) is 21.6 Å². The maximum Gasteiger partial charge on any atom is 0.237 e. The number of methoxy groups -OCH3 is 1. The van der Waals surface area contributed by atoms with Crippen LogP contribution in [0.15, 0.2) is 48.5 Å². The van der Waals surface area contributed by atoms with Crippen molar-refractivity contribution < 1.29 is 9.53 Å². The molecule has 0 bridgehead atoms. The number of rotatable bonds is 7. The van der Waals surface area contributed by atoms with Crippen LogP contribution in [-0.2, 0) is 17.9 Å². The Labute approximate surface area is 165 Å². The molecule has 1 fully saturated rings. The van der Waals surface area contributed by atoms with Crippen LogP contribution in [0.1, 0.15) is 17.5 Å². The smallest absolute Gasteiger partial charge is 0.237 e. The largest absolute Gasteiger partial charge is 0.497 e. The monoisotopic (exact) mass is 387 g/mol. The average molecular weight is 388 g/mol. The minimum atomic E-state index is -0.158. The average Bonchev–Trinajstić information content (AvgIpc) is 3.10. The maximum atomic E-state index is 12.4. The van der Waals surface area contributed by atoms with Gasteiger partial charge in [-0.2, -0.15) is 0 Å². The number of hydrogen-bond acceptors (Lipinski definition) is 4. The van der Waals surface area contributed by atoms with E-state index in [1.807, 2.05) is 42.5 Å². The molecule has 5 nitrogen and oxygen atoms in total. The predicted molar refractivity (Wildman–Crippen MR) is 108 cm³/mol. The van der Waals surface area contributed by atoms with Gasteiger partial charge in [0.15, 0.2) is 0 Å². The molecule has 0 unspecified atom stereocenters. The van der Waals surface area contributed by atoms with Crippen LogP contribution in [0.5, 0.6) is 5.75 Å². The summed E-state index contributed by atoms with van der Waals surface area (Å²) in [6.45, 7) is 2.20. The summed E-state index contributed by atoms with van der Waals surface area (Å²) in [5, 5.41) is 7.10. The van der Waals surface area contributed by atoms with Crippen molar-refractivity contribution in [3.8, 4) is 5.75 Å². The second-order valence-electron chi connectivity index (χ2n) is 6.82. The lowest BCUT2D eigenvalue weighted by Gasteiger charge is -2.23. The molecule has 0 aliphatic carbocycles. The van der Waals surface area contributed by atoms with Gasteiger partial charge >= 0.3 is 0 Å². The van der Waals surface area contributed by atoms with Gasteiger partial charge in [0.2, 0.25) is 5.91 Å². The zero-order valence-corrected chi connectivity index (χ0v) is 16.5. The van der Waals surface area contributed by atoms with Gasteiger partial charge in [-0.3, -0.25) is 9.69 Å². The van der Waals surface area contributed by atoms with Gasteiger partial charge in [-0.05, 0) is 35.7 Å². The number of benzene rings is 2. The van der Waals surface area contributed by atoms with E-state index in [1.54, 1.807) is 14.2 Å². The van der Waals surface area contributed by atoms with Crippen molar-refractivity contribution in [1.82, 2.24) is 15.5 Å². The van der Waals surface area contributed by atoms with E-state index in [0.717, 1.165) is 41.4 Å². The molecule has 2 aromatic rings. The normalized spacial score (nSPS) is 19.8. The summed E-state index contributed by atoms with van der Waals surface area (Å²) in [6.07, 6.45) is 0.772. The van der Waals surface area contributed by atoms with Crippen molar-refractivity contribution in [3.63, 3.8) is 0 Å². The maximum absolute atomic E-state index is 12.4. The summed E-state index contributed by atoms with van der Waals surface area (Å²) in [5.41, 5.74) is 2.21. The minimum Gasteiger partial charge on any atom is -0.497 e. The van der Waals surface area contributed by atoms with E-state index in [-0.39, 0.29) is 18.0 Å². The number of ether oxygens (including phenoxy) is 1. The third-order valence-corrected chi connectivity index (χ3v) is 5.38. The third kappa shape index (κ3) is 5.01. The fourth-order valence-electron chi connectivity index (χ4n) is 3.56. The molecule has 1 saturated heterocycles. The lowest BCUT2D eigenvalue weighted by Crippen LogP contribution is -2.41. The van der Waals surface area contributed by atoms with Gasteiger partial charge in [0.05, 0.1) is 13.2 Å². The molecule has 1 amide bonds. The van der Waals surface area contributed by atoms with E-state index < -0.39 is 0 Å². The van der Waals surface area contributed by atoms with Crippen molar-refractivity contribution in [1.29, 1.82) is 0 Å². The van der Waals surface area contributed by atoms with Crippen LogP contribution < -0.4 is 15.4 Å². The zero-order chi connectivity index (χ0) is 19.2. The molecule has 2 atom stereocenters. The van der Waals surface area contributed by atoms with Gasteiger partial charge < -0.3 is 15.4 Å². The van der Waals surface area contributed by atoms with Gasteiger partial charge in [0, 0.05) is 37.7 Å². The Hall–Kier alpha value is -2.08. The number of likely N-dealkylation sites (tertiary alicyclic amines) is 1. The van der Waals surface area contributed by atoms with Gasteiger partial charge in [0.1, 0.15) is 5.75 Å². The predicted octanol–water partition coefficient (Wildman–Crippen LogP) is 2.83. The number of likely N-dealkylation sites (N-methyl/N-ethyl adjacent to an activating group) is 1. The molecule has 0 radical (unpaired) electrons. The van der Waals surface area contributed by atoms with Gasteiger partial charge in [0.25, 0.3) is 0 Å². The second-order valence-corrected chi connectivity index (χ2v) is 7.22. The van der Waals surface area contributed by atoms with Crippen molar-refractivity contribution in [2.75, 3.05) is 20.7 Å². The number of carbonyl (C=O) groups excluding carboxylic acids is 1. The van der Waals surface area contributed by atoms with Crippen LogP contribution in [0.3, 0.4) is 0 Å². The number of amides is 1. The van der Waals surface area contributed by atoms with Gasteiger partial charge in [-0.15, -0.1) is 0 Å². The van der Waals surface area contributed by atoms with Crippen LogP contribution in [0.25, 0.3) is 0 Å². The molecule has 2 aromatic carbocycles.